The molecule has 0 aromatic rings. The highest BCUT2D eigenvalue weighted by atomic mass is 16.5. The summed E-state index contributed by atoms with van der Waals surface area (Å²) in [6.45, 7) is 2.32. The lowest BCUT2D eigenvalue weighted by Crippen LogP contribution is -2.53. The van der Waals surface area contributed by atoms with Crippen LogP contribution in [0.2, 0.25) is 0 Å². The average molecular weight is 243 g/mol. The van der Waals surface area contributed by atoms with Crippen molar-refractivity contribution in [2.75, 3.05) is 26.3 Å². The molecule has 98 valence electrons. The van der Waals surface area contributed by atoms with Crippen molar-refractivity contribution in [3.05, 3.63) is 0 Å². The van der Waals surface area contributed by atoms with Gasteiger partial charge >= 0.3 is 5.97 Å². The minimum absolute atomic E-state index is 0.0733. The van der Waals surface area contributed by atoms with E-state index in [0.717, 1.165) is 38.8 Å². The SMILES string of the molecule is O=C(O)C1CCC1N1CCC(OCCO)CC1. The van der Waals surface area contributed by atoms with E-state index in [2.05, 4.69) is 4.90 Å². The van der Waals surface area contributed by atoms with Gasteiger partial charge in [0.1, 0.15) is 0 Å². The Morgan fingerprint density at radius 3 is 2.41 bits per heavy atom. The predicted molar refractivity (Wildman–Crippen MR) is 61.8 cm³/mol. The highest BCUT2D eigenvalue weighted by molar-refractivity contribution is 5.72. The molecule has 2 unspecified atom stereocenters. The van der Waals surface area contributed by atoms with Crippen LogP contribution in [0.15, 0.2) is 0 Å². The molecule has 0 spiro atoms. The van der Waals surface area contributed by atoms with Crippen LogP contribution in [0.25, 0.3) is 0 Å². The summed E-state index contributed by atoms with van der Waals surface area (Å²) in [6, 6.07) is 0.242. The molecule has 2 rings (SSSR count). The number of carbonyl (C=O) groups is 1. The van der Waals surface area contributed by atoms with Gasteiger partial charge in [0.25, 0.3) is 0 Å². The van der Waals surface area contributed by atoms with Crippen molar-refractivity contribution in [1.82, 2.24) is 4.90 Å². The van der Waals surface area contributed by atoms with E-state index in [-0.39, 0.29) is 24.7 Å². The fourth-order valence-corrected chi connectivity index (χ4v) is 2.80. The molecular formula is C12H21NO4. The van der Waals surface area contributed by atoms with Gasteiger partial charge in [0.15, 0.2) is 0 Å². The number of aliphatic carboxylic acids is 1. The first-order chi connectivity index (χ1) is 8.22. The first-order valence-corrected chi connectivity index (χ1v) is 6.41. The fraction of sp³-hybridized carbons (Fsp3) is 0.917. The first kappa shape index (κ1) is 12.8. The van der Waals surface area contributed by atoms with Gasteiger partial charge in [-0.3, -0.25) is 9.69 Å². The molecule has 1 aliphatic carbocycles. The minimum atomic E-state index is -0.653. The summed E-state index contributed by atoms with van der Waals surface area (Å²) in [5, 5.41) is 17.7. The van der Waals surface area contributed by atoms with E-state index in [1.807, 2.05) is 0 Å². The molecule has 17 heavy (non-hydrogen) atoms. The summed E-state index contributed by atoms with van der Waals surface area (Å²) in [4.78, 5) is 13.3. The van der Waals surface area contributed by atoms with E-state index in [9.17, 15) is 4.79 Å². The van der Waals surface area contributed by atoms with Crippen molar-refractivity contribution < 1.29 is 19.7 Å². The van der Waals surface area contributed by atoms with E-state index in [4.69, 9.17) is 14.9 Å². The van der Waals surface area contributed by atoms with Gasteiger partial charge in [-0.1, -0.05) is 0 Å². The van der Waals surface area contributed by atoms with Crippen LogP contribution in [0.4, 0.5) is 0 Å². The monoisotopic (exact) mass is 243 g/mol. The second-order valence-corrected chi connectivity index (χ2v) is 4.92. The van der Waals surface area contributed by atoms with Crippen molar-refractivity contribution >= 4 is 5.97 Å². The van der Waals surface area contributed by atoms with Crippen molar-refractivity contribution in [3.63, 3.8) is 0 Å². The number of hydrogen-bond acceptors (Lipinski definition) is 4. The maximum atomic E-state index is 11.0. The molecular weight excluding hydrogens is 222 g/mol. The number of carboxylic acid groups (broad SMARTS) is 1. The Balaban J connectivity index is 1.73. The number of likely N-dealkylation sites (tertiary alicyclic amines) is 1. The number of hydrogen-bond donors (Lipinski definition) is 2. The lowest BCUT2D eigenvalue weighted by atomic mass is 9.78. The molecule has 5 nitrogen and oxygen atoms in total. The van der Waals surface area contributed by atoms with Crippen LogP contribution in [0.5, 0.6) is 0 Å². The van der Waals surface area contributed by atoms with Gasteiger partial charge in [-0.15, -0.1) is 0 Å². The van der Waals surface area contributed by atoms with Crippen LogP contribution in [0.1, 0.15) is 25.7 Å². The molecule has 0 radical (unpaired) electrons. The molecule has 0 amide bonds. The first-order valence-electron chi connectivity index (χ1n) is 6.41. The molecule has 0 aromatic carbocycles. The highest BCUT2D eigenvalue weighted by Gasteiger charge is 2.41. The van der Waals surface area contributed by atoms with Crippen LogP contribution in [0, 0.1) is 5.92 Å². The van der Waals surface area contributed by atoms with Crippen molar-refractivity contribution in [3.8, 4) is 0 Å². The Hall–Kier alpha value is -0.650. The highest BCUT2D eigenvalue weighted by Crippen LogP contribution is 2.34. The minimum Gasteiger partial charge on any atom is -0.481 e. The summed E-state index contributed by atoms with van der Waals surface area (Å²) in [6.07, 6.45) is 3.97. The predicted octanol–water partition coefficient (Wildman–Crippen LogP) is 0.323. The van der Waals surface area contributed by atoms with E-state index in [1.54, 1.807) is 0 Å². The van der Waals surface area contributed by atoms with Crippen molar-refractivity contribution in [2.24, 2.45) is 5.92 Å². The molecule has 2 atom stereocenters. The Labute approximate surface area is 101 Å². The number of aliphatic hydroxyl groups is 1. The fourth-order valence-electron chi connectivity index (χ4n) is 2.80. The quantitative estimate of drug-likeness (QED) is 0.728. The molecule has 1 saturated heterocycles. The van der Waals surface area contributed by atoms with Crippen LogP contribution < -0.4 is 0 Å². The second kappa shape index (κ2) is 5.80. The van der Waals surface area contributed by atoms with Gasteiger partial charge in [0.2, 0.25) is 0 Å². The molecule has 2 N–H and O–H groups in total. The van der Waals surface area contributed by atoms with Gasteiger partial charge in [-0.05, 0) is 25.7 Å². The number of nitrogens with zero attached hydrogens (tertiary/aromatic N) is 1. The van der Waals surface area contributed by atoms with Crippen LogP contribution in [0.3, 0.4) is 0 Å². The average Bonchev–Trinajstić information content (AvgIpc) is 2.26. The Kier molecular flexibility index (Phi) is 4.36. The topological polar surface area (TPSA) is 70.0 Å². The zero-order chi connectivity index (χ0) is 12.3. The largest absolute Gasteiger partial charge is 0.481 e. The number of ether oxygens (including phenoxy) is 1. The number of aliphatic hydroxyl groups excluding tert-OH is 1. The number of rotatable bonds is 5. The maximum Gasteiger partial charge on any atom is 0.308 e. The zero-order valence-corrected chi connectivity index (χ0v) is 10.0. The Morgan fingerprint density at radius 2 is 1.94 bits per heavy atom. The van der Waals surface area contributed by atoms with Gasteiger partial charge in [0.05, 0.1) is 25.2 Å². The summed E-state index contributed by atoms with van der Waals surface area (Å²) in [5.41, 5.74) is 0. The lowest BCUT2D eigenvalue weighted by molar-refractivity contribution is -0.149. The molecule has 1 aliphatic heterocycles. The van der Waals surface area contributed by atoms with Gasteiger partial charge < -0.3 is 14.9 Å². The molecule has 2 fully saturated rings. The second-order valence-electron chi connectivity index (χ2n) is 4.92. The Morgan fingerprint density at radius 1 is 1.24 bits per heavy atom. The Bertz CT molecular complexity index is 263. The summed E-state index contributed by atoms with van der Waals surface area (Å²) in [5.74, 6) is -0.815. The third kappa shape index (κ3) is 2.97. The smallest absolute Gasteiger partial charge is 0.308 e. The van der Waals surface area contributed by atoms with E-state index >= 15 is 0 Å². The summed E-state index contributed by atoms with van der Waals surface area (Å²) in [7, 11) is 0. The number of carboxylic acids is 1. The normalized spacial score (nSPS) is 31.1. The van der Waals surface area contributed by atoms with Crippen LogP contribution in [-0.2, 0) is 9.53 Å². The standard InChI is InChI=1S/C12H21NO4/c14-7-8-17-9-3-5-13(6-4-9)11-2-1-10(11)12(15)16/h9-11,14H,1-8H2,(H,15,16). The molecule has 0 bridgehead atoms. The van der Waals surface area contributed by atoms with Gasteiger partial charge in [-0.2, -0.15) is 0 Å². The molecule has 5 heteroatoms. The third-order valence-electron chi connectivity index (χ3n) is 3.95. The number of piperidine rings is 1. The van der Waals surface area contributed by atoms with Crippen molar-refractivity contribution in [2.45, 2.75) is 37.8 Å². The zero-order valence-electron chi connectivity index (χ0n) is 10.0. The van der Waals surface area contributed by atoms with Crippen molar-refractivity contribution in [1.29, 1.82) is 0 Å². The van der Waals surface area contributed by atoms with E-state index < -0.39 is 5.97 Å². The summed E-state index contributed by atoms with van der Waals surface area (Å²) < 4.78 is 5.49. The van der Waals surface area contributed by atoms with Gasteiger partial charge in [0, 0.05) is 19.1 Å². The molecule has 1 heterocycles. The molecule has 2 aliphatic rings. The third-order valence-corrected chi connectivity index (χ3v) is 3.95. The molecule has 0 aromatic heterocycles. The van der Waals surface area contributed by atoms with Crippen LogP contribution >= 0.6 is 0 Å². The van der Waals surface area contributed by atoms with E-state index in [1.165, 1.54) is 0 Å². The lowest BCUT2D eigenvalue weighted by Gasteiger charge is -2.45. The van der Waals surface area contributed by atoms with Crippen LogP contribution in [-0.4, -0.2) is 59.5 Å². The van der Waals surface area contributed by atoms with Gasteiger partial charge in [-0.25, -0.2) is 0 Å². The van der Waals surface area contributed by atoms with E-state index in [0.29, 0.717) is 6.61 Å². The maximum absolute atomic E-state index is 11.0. The summed E-state index contributed by atoms with van der Waals surface area (Å²) >= 11 is 0. The molecule has 1 saturated carbocycles.